The fraction of sp³-hybridized carbons (Fsp3) is 0. The van der Waals surface area contributed by atoms with Crippen LogP contribution < -0.4 is 15.8 Å². The van der Waals surface area contributed by atoms with Crippen molar-refractivity contribution in [3.05, 3.63) is 90.8 Å². The number of nitrogens with zero attached hydrogens (tertiary/aromatic N) is 2. The smallest absolute Gasteiger partial charge is 0.300 e. The third-order valence-electron chi connectivity index (χ3n) is 5.38. The van der Waals surface area contributed by atoms with Crippen molar-refractivity contribution in [1.29, 1.82) is 0 Å². The maximum atomic E-state index is 12.4. The molecule has 0 fully saturated rings. The number of carbonyl (C=O) groups excluding carboxylic acids is 2. The minimum atomic E-state index is -0.613. The number of carbonyl (C=O) groups is 2. The van der Waals surface area contributed by atoms with Crippen LogP contribution in [0.4, 0.5) is 5.69 Å². The van der Waals surface area contributed by atoms with E-state index in [1.807, 2.05) is 72.7 Å². The van der Waals surface area contributed by atoms with E-state index < -0.39 is 11.8 Å². The summed E-state index contributed by atoms with van der Waals surface area (Å²) >= 11 is 0. The lowest BCUT2D eigenvalue weighted by Crippen LogP contribution is -2.15. The number of imidazole rings is 1. The summed E-state index contributed by atoms with van der Waals surface area (Å²) < 4.78 is 7.41. The summed E-state index contributed by atoms with van der Waals surface area (Å²) in [6.45, 7) is 0. The largest absolute Gasteiger partial charge is 0.457 e. The summed E-state index contributed by atoms with van der Waals surface area (Å²) in [6.07, 6.45) is 6.84. The number of nitrogens with two attached hydrogens (primary N) is 1. The number of H-pyrrole nitrogens is 1. The third kappa shape index (κ3) is 4.21. The highest BCUT2D eigenvalue weighted by Gasteiger charge is 2.22. The van der Waals surface area contributed by atoms with Gasteiger partial charge < -0.3 is 15.8 Å². The molecule has 0 aliphatic heterocycles. The monoisotopic (exact) mass is 461 g/mol. The van der Waals surface area contributed by atoms with E-state index >= 15 is 0 Å². The number of para-hydroxylation sites is 1. The molecule has 5 aromatic rings. The number of fused-ring (bicyclic) bond motifs is 1. The molecule has 0 aliphatic carbocycles. The average Bonchev–Trinajstić information content (AvgIpc) is 3.45. The molecule has 0 saturated heterocycles. The average molecular weight is 461 g/mol. The quantitative estimate of drug-likeness (QED) is 0.324. The Labute approximate surface area is 200 Å². The van der Waals surface area contributed by atoms with Crippen LogP contribution in [0.25, 0.3) is 28.0 Å². The first-order valence-electron chi connectivity index (χ1n) is 10.6. The molecule has 8 heteroatoms. The predicted octanol–water partition coefficient (Wildman–Crippen LogP) is 4.46. The molecule has 2 amide bonds. The number of nitrogens with one attached hydrogen (secondary N) is 2. The van der Waals surface area contributed by atoms with E-state index in [1.165, 1.54) is 0 Å². The molecule has 0 unspecified atom stereocenters. The van der Waals surface area contributed by atoms with E-state index in [1.54, 1.807) is 22.8 Å². The first-order valence-corrected chi connectivity index (χ1v) is 10.6. The van der Waals surface area contributed by atoms with Gasteiger partial charge in [-0.3, -0.25) is 14.7 Å². The minimum Gasteiger partial charge on any atom is -0.457 e. The van der Waals surface area contributed by atoms with Gasteiger partial charge in [-0.05, 0) is 60.0 Å². The lowest BCUT2D eigenvalue weighted by molar-refractivity contribution is -0.111. The zero-order valence-electron chi connectivity index (χ0n) is 18.4. The number of hydrogen-bond donors (Lipinski definition) is 3. The van der Waals surface area contributed by atoms with Crippen LogP contribution in [0.3, 0.4) is 0 Å². The summed E-state index contributed by atoms with van der Waals surface area (Å²) in [5.74, 6) is 2.26. The van der Waals surface area contributed by atoms with E-state index in [2.05, 4.69) is 10.4 Å². The van der Waals surface area contributed by atoms with Crippen LogP contribution in [0, 0.1) is 12.3 Å². The van der Waals surface area contributed by atoms with Crippen LogP contribution in [0.5, 0.6) is 11.5 Å². The number of aromatic nitrogens is 3. The Morgan fingerprint density at radius 3 is 2.26 bits per heavy atom. The van der Waals surface area contributed by atoms with Crippen LogP contribution >= 0.6 is 0 Å². The molecule has 0 spiro atoms. The molecule has 0 bridgehead atoms. The molecule has 0 saturated carbocycles. The number of rotatable bonds is 6. The standard InChI is InChI=1S/C27H19N5O3/c1-2-23(33)30-19-12-8-17(9-13-19)22-16-29-32-25(26(28)34)24(31-27(22)32)18-10-14-21(15-11-18)35-20-6-4-3-5-7-20/h1,3-16,29H,(H2,28,34)(H,30,33). The Bertz CT molecular complexity index is 1570. The molecule has 3 aromatic carbocycles. The topological polar surface area (TPSA) is 115 Å². The number of benzene rings is 3. The molecule has 170 valence electrons. The maximum absolute atomic E-state index is 12.4. The van der Waals surface area contributed by atoms with Gasteiger partial charge in [-0.25, -0.2) is 9.50 Å². The van der Waals surface area contributed by atoms with E-state index in [9.17, 15) is 9.59 Å². The minimum absolute atomic E-state index is 0.237. The third-order valence-corrected chi connectivity index (χ3v) is 5.38. The molecule has 2 heterocycles. The van der Waals surface area contributed by atoms with Crippen LogP contribution in [0.1, 0.15) is 10.5 Å². The summed E-state index contributed by atoms with van der Waals surface area (Å²) in [7, 11) is 0. The van der Waals surface area contributed by atoms with Crippen LogP contribution in [0.15, 0.2) is 85.1 Å². The second-order valence-corrected chi connectivity index (χ2v) is 7.63. The highest BCUT2D eigenvalue weighted by Crippen LogP contribution is 2.32. The zero-order valence-corrected chi connectivity index (χ0v) is 18.4. The summed E-state index contributed by atoms with van der Waals surface area (Å²) in [5, 5.41) is 5.65. The second kappa shape index (κ2) is 8.92. The van der Waals surface area contributed by atoms with Crippen LogP contribution in [-0.4, -0.2) is 26.4 Å². The van der Waals surface area contributed by atoms with Gasteiger partial charge in [-0.2, -0.15) is 0 Å². The van der Waals surface area contributed by atoms with Gasteiger partial charge in [0.05, 0.1) is 0 Å². The molecular weight excluding hydrogens is 442 g/mol. The van der Waals surface area contributed by atoms with Gasteiger partial charge in [0.25, 0.3) is 11.8 Å². The van der Waals surface area contributed by atoms with Crippen molar-refractivity contribution in [2.24, 2.45) is 5.73 Å². The summed E-state index contributed by atoms with van der Waals surface area (Å²) in [5.41, 5.74) is 9.83. The van der Waals surface area contributed by atoms with E-state index in [4.69, 9.17) is 21.9 Å². The number of primary amides is 1. The normalized spacial score (nSPS) is 10.6. The Hall–Kier alpha value is -5.29. The van der Waals surface area contributed by atoms with Gasteiger partial charge in [0.1, 0.15) is 17.2 Å². The second-order valence-electron chi connectivity index (χ2n) is 7.63. The highest BCUT2D eigenvalue weighted by molar-refractivity contribution is 6.03. The molecule has 8 nitrogen and oxygen atoms in total. The lowest BCUT2D eigenvalue weighted by Gasteiger charge is -2.06. The maximum Gasteiger partial charge on any atom is 0.300 e. The van der Waals surface area contributed by atoms with Crippen molar-refractivity contribution >= 4 is 23.1 Å². The predicted molar refractivity (Wildman–Crippen MR) is 133 cm³/mol. The zero-order chi connectivity index (χ0) is 24.4. The van der Waals surface area contributed by atoms with Crippen molar-refractivity contribution < 1.29 is 14.3 Å². The molecule has 0 atom stereocenters. The van der Waals surface area contributed by atoms with E-state index in [0.717, 1.165) is 22.4 Å². The number of terminal acetylenes is 1. The number of aromatic amines is 1. The number of amides is 2. The Balaban J connectivity index is 1.49. The van der Waals surface area contributed by atoms with Gasteiger partial charge in [-0.15, -0.1) is 6.42 Å². The van der Waals surface area contributed by atoms with Gasteiger partial charge in [0, 0.05) is 23.0 Å². The molecule has 35 heavy (non-hydrogen) atoms. The van der Waals surface area contributed by atoms with E-state index in [-0.39, 0.29) is 5.69 Å². The Morgan fingerprint density at radius 2 is 1.60 bits per heavy atom. The molecule has 4 N–H and O–H groups in total. The first-order chi connectivity index (χ1) is 17.0. The van der Waals surface area contributed by atoms with Crippen molar-refractivity contribution in [1.82, 2.24) is 14.6 Å². The van der Waals surface area contributed by atoms with Gasteiger partial charge in [0.2, 0.25) is 0 Å². The van der Waals surface area contributed by atoms with Crippen LogP contribution in [-0.2, 0) is 4.79 Å². The molecule has 5 rings (SSSR count). The SMILES string of the molecule is C#CC(=O)Nc1ccc(-c2c[nH]n3c(C(N)=O)c(-c4ccc(Oc5ccccc5)cc4)nc23)cc1. The number of anilines is 1. The summed E-state index contributed by atoms with van der Waals surface area (Å²) in [4.78, 5) is 28.5. The number of ether oxygens (including phenoxy) is 1. The molecule has 0 aliphatic rings. The van der Waals surface area contributed by atoms with Gasteiger partial charge >= 0.3 is 0 Å². The Morgan fingerprint density at radius 1 is 0.943 bits per heavy atom. The molecule has 0 radical (unpaired) electrons. The fourth-order valence-electron chi connectivity index (χ4n) is 3.77. The lowest BCUT2D eigenvalue weighted by atomic mass is 10.1. The van der Waals surface area contributed by atoms with Crippen molar-refractivity contribution in [3.63, 3.8) is 0 Å². The van der Waals surface area contributed by atoms with Crippen molar-refractivity contribution in [3.8, 4) is 46.2 Å². The van der Waals surface area contributed by atoms with Crippen molar-refractivity contribution in [2.45, 2.75) is 0 Å². The summed E-state index contributed by atoms with van der Waals surface area (Å²) in [6, 6.07) is 23.8. The fourth-order valence-corrected chi connectivity index (χ4v) is 3.77. The molecule has 2 aromatic heterocycles. The van der Waals surface area contributed by atoms with Gasteiger partial charge in [0.15, 0.2) is 11.3 Å². The van der Waals surface area contributed by atoms with Crippen LogP contribution in [0.2, 0.25) is 0 Å². The molecular formula is C27H19N5O3. The Kier molecular flexibility index (Phi) is 5.49. The van der Waals surface area contributed by atoms with E-state index in [0.29, 0.717) is 22.8 Å². The number of hydrogen-bond acceptors (Lipinski definition) is 4. The van der Waals surface area contributed by atoms with Crippen molar-refractivity contribution in [2.75, 3.05) is 5.32 Å². The highest BCUT2D eigenvalue weighted by atomic mass is 16.5. The first kappa shape index (κ1) is 21.6. The van der Waals surface area contributed by atoms with Gasteiger partial charge in [-0.1, -0.05) is 30.3 Å².